The average Bonchev–Trinajstić information content (AvgIpc) is 3.58. The topological polar surface area (TPSA) is 170 Å². The van der Waals surface area contributed by atoms with E-state index in [2.05, 4.69) is 40.7 Å². The van der Waals surface area contributed by atoms with Crippen molar-refractivity contribution in [3.63, 3.8) is 0 Å². The minimum atomic E-state index is -1.88. The summed E-state index contributed by atoms with van der Waals surface area (Å²) >= 11 is 0. The van der Waals surface area contributed by atoms with E-state index in [0.29, 0.717) is 55.9 Å². The molecule has 14 heteroatoms. The van der Waals surface area contributed by atoms with Crippen molar-refractivity contribution in [2.45, 2.75) is 204 Å². The largest absolute Gasteiger partial charge is 0.459 e. The van der Waals surface area contributed by atoms with Crippen LogP contribution in [0.3, 0.4) is 0 Å². The van der Waals surface area contributed by atoms with Crippen LogP contribution in [0.1, 0.15) is 107 Å². The summed E-state index contributed by atoms with van der Waals surface area (Å²) in [4.78, 5) is 14.3. The Kier molecular flexibility index (Phi) is 15.3. The second-order valence-corrected chi connectivity index (χ2v) is 19.4. The van der Waals surface area contributed by atoms with E-state index in [9.17, 15) is 20.1 Å². The van der Waals surface area contributed by atoms with Gasteiger partial charge in [0.15, 0.2) is 18.4 Å². The quantitative estimate of drug-likeness (QED) is 0.204. The Morgan fingerprint density at radius 2 is 1.61 bits per heavy atom. The molecule has 7 aliphatic rings. The van der Waals surface area contributed by atoms with Crippen LogP contribution in [0.15, 0.2) is 47.1 Å². The summed E-state index contributed by atoms with van der Waals surface area (Å²) in [6.45, 7) is 16.3. The van der Waals surface area contributed by atoms with Crippen molar-refractivity contribution in [2.75, 3.05) is 20.8 Å². The number of aliphatic hydroxyl groups excluding tert-OH is 2. The molecule has 1 unspecified atom stereocenters. The smallest absolute Gasteiger partial charge is 0.337 e. The first kappa shape index (κ1) is 47.9. The highest BCUT2D eigenvalue weighted by molar-refractivity contribution is 5.93. The zero-order valence-electron chi connectivity index (χ0n) is 38.5. The molecule has 350 valence electrons. The third-order valence-electron chi connectivity index (χ3n) is 14.9. The maximum Gasteiger partial charge on any atom is 0.337 e. The van der Waals surface area contributed by atoms with Gasteiger partial charge in [0.05, 0.1) is 61.0 Å². The van der Waals surface area contributed by atoms with E-state index in [1.165, 1.54) is 0 Å². The second kappa shape index (κ2) is 19.8. The Labute approximate surface area is 368 Å². The normalized spacial score (nSPS) is 47.2. The molecule has 62 heavy (non-hydrogen) atoms. The standard InChI is InChI=1S/C48H74O14/c1-11-25(2)43-28(5)17-18-47(62-43)23-34-20-33(61-47)16-15-27(4)42(26(3)13-12-14-32-24-55-45-40(49)29(6)19-35(46(51)58-34)48(32,45)52)59-39-22-37(54-10)44(31(8)57-39)60-38-21-36(53-9)41(50)30(7)56-38/h12-15,19,25-26,28-31,33-34,36-45,49-50,52H,11,16-18,20-24H2,1-10H3/t25-,26-,28-,29?,30-,31-,33+,34-,36-,37-,38-,39-,40+,41+,42-,43+,44-,45+,47+,48+/m0/s1. The molecule has 2 bridgehead atoms. The summed E-state index contributed by atoms with van der Waals surface area (Å²) < 4.78 is 63.9. The number of ether oxygens (including phenoxy) is 10. The molecule has 0 aromatic carbocycles. The lowest BCUT2D eigenvalue weighted by Crippen LogP contribution is -2.56. The molecule has 3 N–H and O–H groups in total. The van der Waals surface area contributed by atoms with Crippen LogP contribution >= 0.6 is 0 Å². The first-order valence-electron chi connectivity index (χ1n) is 23.2. The molecule has 0 amide bonds. The maximum absolute atomic E-state index is 14.3. The van der Waals surface area contributed by atoms with Crippen molar-refractivity contribution < 1.29 is 67.5 Å². The second-order valence-electron chi connectivity index (χ2n) is 19.4. The van der Waals surface area contributed by atoms with Gasteiger partial charge in [0, 0.05) is 58.2 Å². The summed E-state index contributed by atoms with van der Waals surface area (Å²) in [6.07, 6.45) is 6.53. The van der Waals surface area contributed by atoms with Crippen LogP contribution in [0.2, 0.25) is 0 Å². The molecule has 0 saturated carbocycles. The molecular weight excluding hydrogens is 801 g/mol. The Morgan fingerprint density at radius 1 is 0.903 bits per heavy atom. The molecule has 0 aromatic heterocycles. The Morgan fingerprint density at radius 3 is 2.34 bits per heavy atom. The zero-order chi connectivity index (χ0) is 44.7. The Balaban J connectivity index is 1.18. The van der Waals surface area contributed by atoms with Crippen molar-refractivity contribution in [2.24, 2.45) is 23.7 Å². The van der Waals surface area contributed by atoms with Crippen LogP contribution in [-0.4, -0.2) is 139 Å². The van der Waals surface area contributed by atoms with Gasteiger partial charge in [-0.2, -0.15) is 0 Å². The van der Waals surface area contributed by atoms with E-state index in [0.717, 1.165) is 18.4 Å². The third-order valence-corrected chi connectivity index (χ3v) is 14.9. The van der Waals surface area contributed by atoms with Gasteiger partial charge in [-0.1, -0.05) is 71.4 Å². The van der Waals surface area contributed by atoms with Crippen molar-refractivity contribution in [1.29, 1.82) is 0 Å². The molecule has 0 aromatic rings. The van der Waals surface area contributed by atoms with Gasteiger partial charge < -0.3 is 62.7 Å². The lowest BCUT2D eigenvalue weighted by atomic mass is 9.72. The molecule has 0 radical (unpaired) electrons. The Bertz CT molecular complexity index is 1680. The van der Waals surface area contributed by atoms with Crippen LogP contribution in [0.25, 0.3) is 0 Å². The maximum atomic E-state index is 14.3. The number of carbonyl (C=O) groups excluding carboxylic acids is 1. The van der Waals surface area contributed by atoms with Gasteiger partial charge >= 0.3 is 5.97 Å². The van der Waals surface area contributed by atoms with Crippen LogP contribution in [0.5, 0.6) is 0 Å². The molecule has 7 rings (SSSR count). The fourth-order valence-electron chi connectivity index (χ4n) is 10.9. The predicted molar refractivity (Wildman–Crippen MR) is 227 cm³/mol. The lowest BCUT2D eigenvalue weighted by molar-refractivity contribution is -0.340. The number of carbonyl (C=O) groups is 1. The molecule has 20 atom stereocenters. The van der Waals surface area contributed by atoms with Crippen LogP contribution in [0, 0.1) is 23.7 Å². The summed E-state index contributed by atoms with van der Waals surface area (Å²) in [7, 11) is 3.23. The predicted octanol–water partition coefficient (Wildman–Crippen LogP) is 5.60. The number of rotatable bonds is 8. The van der Waals surface area contributed by atoms with Gasteiger partial charge in [-0.3, -0.25) is 0 Å². The van der Waals surface area contributed by atoms with Gasteiger partial charge in [-0.05, 0) is 56.6 Å². The van der Waals surface area contributed by atoms with Gasteiger partial charge in [0.2, 0.25) is 0 Å². The fraction of sp³-hybridized carbons (Fsp3) is 0.812. The fourth-order valence-corrected chi connectivity index (χ4v) is 10.9. The minimum absolute atomic E-state index is 0.00895. The summed E-state index contributed by atoms with van der Waals surface area (Å²) in [5.41, 5.74) is -0.365. The van der Waals surface area contributed by atoms with E-state index in [1.807, 2.05) is 26.0 Å². The van der Waals surface area contributed by atoms with Crippen LogP contribution in [0.4, 0.5) is 0 Å². The van der Waals surface area contributed by atoms with E-state index in [4.69, 9.17) is 47.4 Å². The summed E-state index contributed by atoms with van der Waals surface area (Å²) in [5, 5.41) is 34.2. The van der Waals surface area contributed by atoms with Gasteiger partial charge in [0.25, 0.3) is 0 Å². The van der Waals surface area contributed by atoms with Crippen molar-refractivity contribution in [3.05, 3.63) is 47.1 Å². The van der Waals surface area contributed by atoms with Crippen LogP contribution in [-0.2, 0) is 52.2 Å². The van der Waals surface area contributed by atoms with E-state index >= 15 is 0 Å². The van der Waals surface area contributed by atoms with Gasteiger partial charge in [0.1, 0.15) is 30.0 Å². The van der Waals surface area contributed by atoms with Crippen molar-refractivity contribution in [3.8, 4) is 0 Å². The highest BCUT2D eigenvalue weighted by Crippen LogP contribution is 2.48. The molecule has 5 fully saturated rings. The molecule has 1 aliphatic carbocycles. The Hall–Kier alpha value is -2.05. The molecule has 6 heterocycles. The summed E-state index contributed by atoms with van der Waals surface area (Å²) in [6, 6.07) is 0. The molecule has 14 nitrogen and oxygen atoms in total. The highest BCUT2D eigenvalue weighted by Gasteiger charge is 2.59. The van der Waals surface area contributed by atoms with Crippen LogP contribution < -0.4 is 0 Å². The number of allylic oxidation sites excluding steroid dienone is 2. The highest BCUT2D eigenvalue weighted by atomic mass is 16.7. The first-order valence-corrected chi connectivity index (χ1v) is 23.2. The number of hydrogen-bond donors (Lipinski definition) is 3. The number of methoxy groups -OCH3 is 2. The minimum Gasteiger partial charge on any atom is -0.459 e. The average molecular weight is 875 g/mol. The number of fused-ring (bicyclic) bond motifs is 2. The molecule has 5 saturated heterocycles. The number of aliphatic hydroxyl groups is 3. The van der Waals surface area contributed by atoms with Gasteiger partial charge in [-0.25, -0.2) is 4.79 Å². The number of hydrogen-bond acceptors (Lipinski definition) is 14. The van der Waals surface area contributed by atoms with Gasteiger partial charge in [-0.15, -0.1) is 0 Å². The lowest BCUT2D eigenvalue weighted by Gasteiger charge is -2.51. The molecular formula is C48H74O14. The monoisotopic (exact) mass is 875 g/mol. The number of esters is 1. The SMILES string of the molecule is CC[C@H](C)[C@H]1O[C@]2(CC[C@@H]1C)C[C@@H]1C[C@@H](CC=C(C)[C@@H](O[C@H]3C[C@H](OC)[C@@H](O[C@H]4C[C@H](OC)[C@H](O)[C@H](C)O4)[C@H](C)O3)[C@@H](C)C=CC=C3CO[C@@H]4[C@H](O)C(C)C=C(C(=O)O1)[C@]34O)O2. The summed E-state index contributed by atoms with van der Waals surface area (Å²) in [5.74, 6) is -1.53. The molecule has 6 aliphatic heterocycles. The first-order chi connectivity index (χ1) is 29.5. The van der Waals surface area contributed by atoms with Crippen molar-refractivity contribution in [1.82, 2.24) is 0 Å². The van der Waals surface area contributed by atoms with E-state index in [-0.39, 0.29) is 36.4 Å². The molecule has 1 spiro atoms. The zero-order valence-corrected chi connectivity index (χ0v) is 38.5. The van der Waals surface area contributed by atoms with Crippen molar-refractivity contribution >= 4 is 5.97 Å². The van der Waals surface area contributed by atoms with E-state index < -0.39 is 90.8 Å². The van der Waals surface area contributed by atoms with E-state index in [1.54, 1.807) is 33.3 Å². The third kappa shape index (κ3) is 9.73.